The van der Waals surface area contributed by atoms with Crippen molar-refractivity contribution in [2.24, 2.45) is 0 Å². The van der Waals surface area contributed by atoms with Crippen LogP contribution in [0.1, 0.15) is 12.0 Å². The van der Waals surface area contributed by atoms with Crippen LogP contribution in [0.5, 0.6) is 11.5 Å². The molecule has 1 aliphatic rings. The number of carbonyl (C=O) groups is 1. The number of benzene rings is 3. The Bertz CT molecular complexity index is 1130. The predicted octanol–water partition coefficient (Wildman–Crippen LogP) is 4.16. The molecular formula is C21H18N2O4S. The van der Waals surface area contributed by atoms with E-state index in [9.17, 15) is 13.2 Å². The Morgan fingerprint density at radius 2 is 1.64 bits per heavy atom. The predicted molar refractivity (Wildman–Crippen MR) is 107 cm³/mol. The van der Waals surface area contributed by atoms with Gasteiger partial charge in [0.15, 0.2) is 5.75 Å². The fraction of sp³-hybridized carbons (Fsp3) is 0.0952. The van der Waals surface area contributed by atoms with Gasteiger partial charge in [0.2, 0.25) is 5.91 Å². The number of ether oxygens (including phenoxy) is 1. The topological polar surface area (TPSA) is 84.5 Å². The lowest BCUT2D eigenvalue weighted by molar-refractivity contribution is -0.116. The normalized spacial score (nSPS) is 13.4. The van der Waals surface area contributed by atoms with Gasteiger partial charge in [0.1, 0.15) is 5.75 Å². The molecule has 1 aliphatic heterocycles. The lowest BCUT2D eigenvalue weighted by atomic mass is 10.0. The number of fused-ring (bicyclic) bond motifs is 1. The van der Waals surface area contributed by atoms with Crippen LogP contribution in [0.25, 0.3) is 0 Å². The molecular weight excluding hydrogens is 376 g/mol. The molecule has 28 heavy (non-hydrogen) atoms. The first-order valence-electron chi connectivity index (χ1n) is 8.79. The lowest BCUT2D eigenvalue weighted by Gasteiger charge is -2.18. The van der Waals surface area contributed by atoms with Gasteiger partial charge in [-0.25, -0.2) is 8.42 Å². The maximum Gasteiger partial charge on any atom is 0.262 e. The van der Waals surface area contributed by atoms with Gasteiger partial charge in [0.05, 0.1) is 10.6 Å². The summed E-state index contributed by atoms with van der Waals surface area (Å²) in [5.74, 6) is 0.953. The molecule has 3 aromatic carbocycles. The number of hydrogen-bond acceptors (Lipinski definition) is 4. The van der Waals surface area contributed by atoms with Gasteiger partial charge >= 0.3 is 0 Å². The maximum absolute atomic E-state index is 12.9. The van der Waals surface area contributed by atoms with E-state index < -0.39 is 10.0 Å². The van der Waals surface area contributed by atoms with Gasteiger partial charge in [0.25, 0.3) is 10.0 Å². The second kappa shape index (κ2) is 7.36. The molecule has 4 rings (SSSR count). The molecule has 0 atom stereocenters. The van der Waals surface area contributed by atoms with Gasteiger partial charge in [-0.15, -0.1) is 0 Å². The van der Waals surface area contributed by atoms with Crippen LogP contribution in [0.4, 0.5) is 11.4 Å². The fourth-order valence-corrected chi connectivity index (χ4v) is 4.11. The second-order valence-electron chi connectivity index (χ2n) is 6.38. The van der Waals surface area contributed by atoms with Gasteiger partial charge in [0, 0.05) is 12.1 Å². The van der Waals surface area contributed by atoms with E-state index in [1.165, 1.54) is 6.07 Å². The summed E-state index contributed by atoms with van der Waals surface area (Å²) < 4.78 is 34.2. The van der Waals surface area contributed by atoms with E-state index >= 15 is 0 Å². The summed E-state index contributed by atoms with van der Waals surface area (Å²) in [6, 6.07) is 20.7. The number of aryl methyl sites for hydroxylation is 1. The Hall–Kier alpha value is -3.32. The van der Waals surface area contributed by atoms with Crippen molar-refractivity contribution in [1.82, 2.24) is 0 Å². The Morgan fingerprint density at radius 1 is 0.893 bits per heavy atom. The molecule has 0 bridgehead atoms. The number of anilines is 2. The SMILES string of the molecule is O=C1CCc2cc(S(=O)(=O)Nc3ccccc3Oc3ccccc3)ccc2N1. The van der Waals surface area contributed by atoms with Gasteiger partial charge < -0.3 is 10.1 Å². The minimum Gasteiger partial charge on any atom is -0.455 e. The van der Waals surface area contributed by atoms with Crippen LogP contribution in [-0.4, -0.2) is 14.3 Å². The highest BCUT2D eigenvalue weighted by molar-refractivity contribution is 7.92. The summed E-state index contributed by atoms with van der Waals surface area (Å²) in [6.07, 6.45) is 0.857. The van der Waals surface area contributed by atoms with E-state index in [2.05, 4.69) is 10.0 Å². The highest BCUT2D eigenvalue weighted by atomic mass is 32.2. The van der Waals surface area contributed by atoms with Crippen LogP contribution < -0.4 is 14.8 Å². The van der Waals surface area contributed by atoms with Crippen LogP contribution in [0.3, 0.4) is 0 Å². The highest BCUT2D eigenvalue weighted by Crippen LogP contribution is 2.32. The average molecular weight is 394 g/mol. The number of nitrogens with one attached hydrogen (secondary N) is 2. The lowest BCUT2D eigenvalue weighted by Crippen LogP contribution is -2.20. The Balaban J connectivity index is 1.61. The molecule has 3 aromatic rings. The highest BCUT2D eigenvalue weighted by Gasteiger charge is 2.21. The molecule has 0 saturated carbocycles. The first-order valence-corrected chi connectivity index (χ1v) is 10.3. The Labute approximate surface area is 163 Å². The minimum atomic E-state index is -3.82. The molecule has 0 spiro atoms. The molecule has 7 heteroatoms. The van der Waals surface area contributed by atoms with E-state index in [4.69, 9.17) is 4.74 Å². The summed E-state index contributed by atoms with van der Waals surface area (Å²) in [6.45, 7) is 0. The second-order valence-corrected chi connectivity index (χ2v) is 8.07. The fourth-order valence-electron chi connectivity index (χ4n) is 2.99. The first-order chi connectivity index (χ1) is 13.5. The third kappa shape index (κ3) is 3.84. The van der Waals surface area contributed by atoms with Crippen molar-refractivity contribution in [1.29, 1.82) is 0 Å². The van der Waals surface area contributed by atoms with Crippen molar-refractivity contribution in [2.75, 3.05) is 10.0 Å². The maximum atomic E-state index is 12.9. The van der Waals surface area contributed by atoms with Crippen LogP contribution in [-0.2, 0) is 21.2 Å². The van der Waals surface area contributed by atoms with Gasteiger partial charge in [-0.3, -0.25) is 9.52 Å². The Morgan fingerprint density at radius 3 is 2.46 bits per heavy atom. The number of carbonyl (C=O) groups excluding carboxylic acids is 1. The molecule has 0 saturated heterocycles. The Kier molecular flexibility index (Phi) is 4.75. The van der Waals surface area contributed by atoms with Crippen molar-refractivity contribution in [3.05, 3.63) is 78.4 Å². The minimum absolute atomic E-state index is 0.0618. The van der Waals surface area contributed by atoms with Crippen molar-refractivity contribution < 1.29 is 17.9 Å². The number of para-hydroxylation sites is 3. The summed E-state index contributed by atoms with van der Waals surface area (Å²) >= 11 is 0. The largest absolute Gasteiger partial charge is 0.455 e. The van der Waals surface area contributed by atoms with E-state index in [1.807, 2.05) is 18.2 Å². The molecule has 0 aromatic heterocycles. The molecule has 6 nitrogen and oxygen atoms in total. The zero-order valence-corrected chi connectivity index (χ0v) is 15.7. The van der Waals surface area contributed by atoms with E-state index in [0.717, 1.165) is 5.56 Å². The van der Waals surface area contributed by atoms with Gasteiger partial charge in [-0.1, -0.05) is 30.3 Å². The zero-order valence-electron chi connectivity index (χ0n) is 14.9. The monoisotopic (exact) mass is 394 g/mol. The number of rotatable bonds is 5. The number of sulfonamides is 1. The molecule has 0 radical (unpaired) electrons. The van der Waals surface area contributed by atoms with Gasteiger partial charge in [-0.2, -0.15) is 0 Å². The summed E-state index contributed by atoms with van der Waals surface area (Å²) in [7, 11) is -3.82. The third-order valence-corrected chi connectivity index (χ3v) is 5.75. The van der Waals surface area contributed by atoms with Crippen LogP contribution in [0.2, 0.25) is 0 Å². The average Bonchev–Trinajstić information content (AvgIpc) is 2.69. The van der Waals surface area contributed by atoms with E-state index in [0.29, 0.717) is 35.7 Å². The standard InChI is InChI=1S/C21H18N2O4S/c24-21-13-10-15-14-17(11-12-18(15)22-21)28(25,26)23-19-8-4-5-9-20(19)27-16-6-2-1-3-7-16/h1-9,11-12,14,23H,10,13H2,(H,22,24). The van der Waals surface area contributed by atoms with Gasteiger partial charge in [-0.05, 0) is 54.4 Å². The third-order valence-electron chi connectivity index (χ3n) is 4.38. The van der Waals surface area contributed by atoms with Crippen molar-refractivity contribution >= 4 is 27.3 Å². The molecule has 2 N–H and O–H groups in total. The van der Waals surface area contributed by atoms with Crippen molar-refractivity contribution in [3.8, 4) is 11.5 Å². The van der Waals surface area contributed by atoms with Crippen LogP contribution in [0, 0.1) is 0 Å². The molecule has 142 valence electrons. The van der Waals surface area contributed by atoms with Crippen LogP contribution in [0.15, 0.2) is 77.7 Å². The number of hydrogen-bond donors (Lipinski definition) is 2. The molecule has 1 heterocycles. The molecule has 0 aliphatic carbocycles. The van der Waals surface area contributed by atoms with E-state index in [-0.39, 0.29) is 10.8 Å². The number of amides is 1. The molecule has 0 unspecified atom stereocenters. The van der Waals surface area contributed by atoms with Crippen molar-refractivity contribution in [2.45, 2.75) is 17.7 Å². The smallest absolute Gasteiger partial charge is 0.262 e. The quantitative estimate of drug-likeness (QED) is 0.680. The van der Waals surface area contributed by atoms with Crippen molar-refractivity contribution in [3.63, 3.8) is 0 Å². The summed E-state index contributed by atoms with van der Waals surface area (Å²) in [5.41, 5.74) is 1.80. The van der Waals surface area contributed by atoms with Crippen LogP contribution >= 0.6 is 0 Å². The molecule has 0 fully saturated rings. The summed E-state index contributed by atoms with van der Waals surface area (Å²) in [5, 5.41) is 2.75. The zero-order chi connectivity index (χ0) is 19.6. The summed E-state index contributed by atoms with van der Waals surface area (Å²) in [4.78, 5) is 11.6. The first kappa shape index (κ1) is 18.1. The molecule has 1 amide bonds. The van der Waals surface area contributed by atoms with E-state index in [1.54, 1.807) is 48.5 Å².